The van der Waals surface area contributed by atoms with E-state index in [4.69, 9.17) is 10.00 Å². The molecule has 0 N–H and O–H groups in total. The number of alkyl halides is 6. The van der Waals surface area contributed by atoms with Crippen molar-refractivity contribution in [1.82, 2.24) is 9.88 Å². The fourth-order valence-electron chi connectivity index (χ4n) is 1.94. The Morgan fingerprint density at radius 1 is 1.21 bits per heavy atom. The van der Waals surface area contributed by atoms with Gasteiger partial charge in [-0.15, -0.1) is 0 Å². The van der Waals surface area contributed by atoms with Crippen LogP contribution in [0.4, 0.5) is 31.1 Å². The van der Waals surface area contributed by atoms with E-state index in [1.165, 1.54) is 13.1 Å². The van der Waals surface area contributed by atoms with Gasteiger partial charge in [0, 0.05) is 20.0 Å². The van der Waals surface area contributed by atoms with Crippen molar-refractivity contribution in [3.05, 3.63) is 23.4 Å². The number of carbonyl (C=O) groups excluding carboxylic acids is 1. The first-order valence-corrected chi connectivity index (χ1v) is 8.20. The molecule has 1 aromatic heterocycles. The SMILES string of the molecule is CN(CC[C@@H](Oc1nc(C(F)(F)F)ccc1C#N)C(F)(F)F)C(=O)OC(C)(C)C. The van der Waals surface area contributed by atoms with Crippen molar-refractivity contribution >= 4 is 6.09 Å². The van der Waals surface area contributed by atoms with E-state index in [-0.39, 0.29) is 0 Å². The van der Waals surface area contributed by atoms with Crippen molar-refractivity contribution in [2.24, 2.45) is 0 Å². The van der Waals surface area contributed by atoms with Gasteiger partial charge in [0.1, 0.15) is 22.9 Å². The fourth-order valence-corrected chi connectivity index (χ4v) is 1.94. The minimum Gasteiger partial charge on any atom is -0.464 e. The van der Waals surface area contributed by atoms with Crippen LogP contribution in [0, 0.1) is 11.3 Å². The predicted octanol–water partition coefficient (Wildman–Crippen LogP) is 4.54. The van der Waals surface area contributed by atoms with Gasteiger partial charge in [0.25, 0.3) is 0 Å². The second-order valence-electron chi connectivity index (χ2n) is 7.00. The van der Waals surface area contributed by atoms with E-state index in [2.05, 4.69) is 9.72 Å². The van der Waals surface area contributed by atoms with Crippen LogP contribution in [-0.4, -0.2) is 47.5 Å². The zero-order valence-electron chi connectivity index (χ0n) is 16.0. The third-order valence-electron chi connectivity index (χ3n) is 3.32. The molecule has 162 valence electrons. The summed E-state index contributed by atoms with van der Waals surface area (Å²) >= 11 is 0. The lowest BCUT2D eigenvalue weighted by Gasteiger charge is -2.27. The Labute approximate surface area is 163 Å². The summed E-state index contributed by atoms with van der Waals surface area (Å²) < 4.78 is 87.9. The molecule has 1 aromatic rings. The molecule has 1 heterocycles. The Bertz CT molecular complexity index is 766. The standard InChI is InChI=1S/C17H19F6N3O3/c1-15(2,3)29-14(27)26(4)8-7-12(17(21,22)23)28-13-10(9-24)5-6-11(25-13)16(18,19)20/h5-6,12H,7-8H2,1-4H3/t12-/m1/s1. The van der Waals surface area contributed by atoms with Crippen molar-refractivity contribution in [3.63, 3.8) is 0 Å². The highest BCUT2D eigenvalue weighted by Gasteiger charge is 2.43. The monoisotopic (exact) mass is 427 g/mol. The van der Waals surface area contributed by atoms with Gasteiger partial charge in [-0.25, -0.2) is 9.78 Å². The summed E-state index contributed by atoms with van der Waals surface area (Å²) in [5.74, 6) is -1.09. The van der Waals surface area contributed by atoms with Crippen LogP contribution in [0.25, 0.3) is 0 Å². The molecule has 0 spiro atoms. The third-order valence-corrected chi connectivity index (χ3v) is 3.32. The zero-order valence-corrected chi connectivity index (χ0v) is 16.0. The van der Waals surface area contributed by atoms with E-state index >= 15 is 0 Å². The summed E-state index contributed by atoms with van der Waals surface area (Å²) in [6.07, 6.45) is -14.2. The maximum Gasteiger partial charge on any atom is 0.433 e. The normalized spacial score (nSPS) is 13.4. The summed E-state index contributed by atoms with van der Waals surface area (Å²) in [6, 6.07) is 2.57. The van der Waals surface area contributed by atoms with Gasteiger partial charge in [-0.05, 0) is 32.9 Å². The van der Waals surface area contributed by atoms with Gasteiger partial charge in [0.2, 0.25) is 5.88 Å². The van der Waals surface area contributed by atoms with Crippen LogP contribution in [0.2, 0.25) is 0 Å². The van der Waals surface area contributed by atoms with Crippen molar-refractivity contribution in [2.75, 3.05) is 13.6 Å². The number of aromatic nitrogens is 1. The minimum absolute atomic E-state index is 0.463. The molecule has 0 saturated heterocycles. The van der Waals surface area contributed by atoms with Gasteiger partial charge in [-0.2, -0.15) is 31.6 Å². The zero-order chi connectivity index (χ0) is 22.6. The number of amides is 1. The van der Waals surface area contributed by atoms with Gasteiger partial charge < -0.3 is 14.4 Å². The quantitative estimate of drug-likeness (QED) is 0.645. The summed E-state index contributed by atoms with van der Waals surface area (Å²) in [7, 11) is 1.20. The molecule has 0 aromatic carbocycles. The van der Waals surface area contributed by atoms with Crippen molar-refractivity contribution in [3.8, 4) is 11.9 Å². The number of nitrogens with zero attached hydrogens (tertiary/aromatic N) is 3. The summed E-state index contributed by atoms with van der Waals surface area (Å²) in [5, 5.41) is 8.92. The lowest BCUT2D eigenvalue weighted by molar-refractivity contribution is -0.198. The number of nitriles is 1. The Hall–Kier alpha value is -2.71. The number of halogens is 6. The minimum atomic E-state index is -4.99. The topological polar surface area (TPSA) is 75.5 Å². The fraction of sp³-hybridized carbons (Fsp3) is 0.588. The number of hydrogen-bond acceptors (Lipinski definition) is 5. The first-order chi connectivity index (χ1) is 13.0. The molecule has 1 rings (SSSR count). The van der Waals surface area contributed by atoms with E-state index in [0.29, 0.717) is 12.1 Å². The number of pyridine rings is 1. The van der Waals surface area contributed by atoms with Crippen LogP contribution < -0.4 is 4.74 Å². The van der Waals surface area contributed by atoms with Gasteiger partial charge >= 0.3 is 18.4 Å². The van der Waals surface area contributed by atoms with Gasteiger partial charge in [0.05, 0.1) is 0 Å². The highest BCUT2D eigenvalue weighted by Crippen LogP contribution is 2.32. The van der Waals surface area contributed by atoms with Crippen LogP contribution >= 0.6 is 0 Å². The van der Waals surface area contributed by atoms with Crippen LogP contribution in [0.1, 0.15) is 38.4 Å². The van der Waals surface area contributed by atoms with Gasteiger partial charge in [-0.1, -0.05) is 0 Å². The lowest BCUT2D eigenvalue weighted by atomic mass is 10.2. The summed E-state index contributed by atoms with van der Waals surface area (Å²) in [4.78, 5) is 15.7. The average molecular weight is 427 g/mol. The average Bonchev–Trinajstić information content (AvgIpc) is 2.54. The van der Waals surface area contributed by atoms with E-state index in [1.54, 1.807) is 20.8 Å². The van der Waals surface area contributed by atoms with Crippen LogP contribution in [0.3, 0.4) is 0 Å². The maximum absolute atomic E-state index is 13.3. The number of hydrogen-bond donors (Lipinski definition) is 0. The van der Waals surface area contributed by atoms with Gasteiger partial charge in [0.15, 0.2) is 6.10 Å². The van der Waals surface area contributed by atoms with Crippen molar-refractivity contribution in [1.29, 1.82) is 5.26 Å². The van der Waals surface area contributed by atoms with E-state index in [9.17, 15) is 31.1 Å². The Balaban J connectivity index is 3.02. The number of ether oxygens (including phenoxy) is 2. The molecule has 1 amide bonds. The largest absolute Gasteiger partial charge is 0.464 e. The highest BCUT2D eigenvalue weighted by molar-refractivity contribution is 5.67. The summed E-state index contributed by atoms with van der Waals surface area (Å²) in [5.41, 5.74) is -2.96. The molecule has 12 heteroatoms. The molecule has 1 atom stereocenters. The van der Waals surface area contributed by atoms with Crippen LogP contribution in [0.5, 0.6) is 5.88 Å². The molecule has 0 unspecified atom stereocenters. The smallest absolute Gasteiger partial charge is 0.433 e. The van der Waals surface area contributed by atoms with E-state index < -0.39 is 60.3 Å². The molecule has 6 nitrogen and oxygen atoms in total. The van der Waals surface area contributed by atoms with E-state index in [0.717, 1.165) is 4.90 Å². The summed E-state index contributed by atoms with van der Waals surface area (Å²) in [6.45, 7) is 4.25. The second-order valence-corrected chi connectivity index (χ2v) is 7.00. The van der Waals surface area contributed by atoms with Crippen LogP contribution in [-0.2, 0) is 10.9 Å². The highest BCUT2D eigenvalue weighted by atomic mass is 19.4. The Morgan fingerprint density at radius 2 is 1.79 bits per heavy atom. The predicted molar refractivity (Wildman–Crippen MR) is 87.9 cm³/mol. The molecular weight excluding hydrogens is 408 g/mol. The molecule has 0 saturated carbocycles. The van der Waals surface area contributed by atoms with Crippen LogP contribution in [0.15, 0.2) is 12.1 Å². The molecule has 0 aliphatic rings. The molecule has 0 aliphatic heterocycles. The van der Waals surface area contributed by atoms with Gasteiger partial charge in [-0.3, -0.25) is 0 Å². The molecule has 0 fully saturated rings. The van der Waals surface area contributed by atoms with Crippen molar-refractivity contribution < 1.29 is 40.6 Å². The number of carbonyl (C=O) groups is 1. The molecule has 29 heavy (non-hydrogen) atoms. The Kier molecular flexibility index (Phi) is 7.34. The van der Waals surface area contributed by atoms with Crippen molar-refractivity contribution in [2.45, 2.75) is 51.2 Å². The first kappa shape index (κ1) is 24.3. The molecule has 0 radical (unpaired) electrons. The van der Waals surface area contributed by atoms with E-state index in [1.807, 2.05) is 0 Å². The first-order valence-electron chi connectivity index (χ1n) is 8.20. The molecular formula is C17H19F6N3O3. The lowest BCUT2D eigenvalue weighted by Crippen LogP contribution is -2.40. The number of rotatable bonds is 5. The maximum atomic E-state index is 13.3. The molecule has 0 bridgehead atoms. The molecule has 0 aliphatic carbocycles. The Morgan fingerprint density at radius 3 is 2.24 bits per heavy atom. The second kappa shape index (κ2) is 8.75. The third kappa shape index (κ3) is 7.67.